The summed E-state index contributed by atoms with van der Waals surface area (Å²) in [6, 6.07) is 2.43. The van der Waals surface area contributed by atoms with E-state index in [0.717, 1.165) is 21.5 Å². The minimum Gasteiger partial charge on any atom is -0.495 e. The number of rotatable bonds is 20. The van der Waals surface area contributed by atoms with E-state index in [1.54, 1.807) is 66.2 Å². The fraction of sp³-hybridized carbons (Fsp3) is 0.635. The van der Waals surface area contributed by atoms with Gasteiger partial charge >= 0.3 is 12.1 Å². The van der Waals surface area contributed by atoms with Crippen molar-refractivity contribution in [1.82, 2.24) is 24.3 Å². The number of allylic oxidation sites excluding steroid dienone is 3. The number of hydrogen-bond acceptors (Lipinski definition) is 16. The van der Waals surface area contributed by atoms with Crippen LogP contribution >= 0.6 is 35.0 Å². The first-order valence-electron chi connectivity index (χ1n) is 25.4. The van der Waals surface area contributed by atoms with Crippen LogP contribution in [0.5, 0.6) is 5.75 Å². The molecule has 4 aliphatic heterocycles. The van der Waals surface area contributed by atoms with Crippen LogP contribution < -0.4 is 15.0 Å². The van der Waals surface area contributed by atoms with Crippen molar-refractivity contribution >= 4 is 92.3 Å². The van der Waals surface area contributed by atoms with Crippen LogP contribution in [0.3, 0.4) is 0 Å². The Balaban J connectivity index is 1.17. The Morgan fingerprint density at radius 3 is 2.22 bits per heavy atom. The molecular formula is C52H74Cl2N6O15S2. The van der Waals surface area contributed by atoms with Gasteiger partial charge in [-0.05, 0) is 64.7 Å². The molecule has 0 aromatic heterocycles. The number of sulfonamides is 1. The number of ether oxygens (including phenoxy) is 5. The second kappa shape index (κ2) is 26.4. The van der Waals surface area contributed by atoms with E-state index in [4.69, 9.17) is 46.9 Å². The molecule has 77 heavy (non-hydrogen) atoms. The average molecular weight is 1160 g/mol. The summed E-state index contributed by atoms with van der Waals surface area (Å²) in [4.78, 5) is 98.4. The molecule has 0 saturated carbocycles. The van der Waals surface area contributed by atoms with E-state index in [9.17, 15) is 47.1 Å². The summed E-state index contributed by atoms with van der Waals surface area (Å²) in [5.41, 5.74) is -2.58. The van der Waals surface area contributed by atoms with Crippen LogP contribution in [-0.4, -0.2) is 189 Å². The number of nitrogens with zero attached hydrogens (tertiary/aromatic N) is 5. The molecule has 5 rings (SSSR count). The first kappa shape index (κ1) is 62.9. The van der Waals surface area contributed by atoms with Crippen LogP contribution in [0.15, 0.2) is 46.4 Å². The predicted octanol–water partition coefficient (Wildman–Crippen LogP) is 5.15. The Labute approximate surface area is 465 Å². The molecule has 1 aromatic rings. The van der Waals surface area contributed by atoms with Crippen LogP contribution in [0, 0.1) is 5.92 Å². The number of epoxide rings is 1. The molecule has 4 aliphatic rings. The number of fused-ring (bicyclic) bond motifs is 5. The van der Waals surface area contributed by atoms with Crippen molar-refractivity contribution in [3.05, 3.63) is 57.0 Å². The van der Waals surface area contributed by atoms with Gasteiger partial charge in [0.05, 0.1) is 25.3 Å². The number of likely N-dealkylation sites (N-methyl/N-ethyl adjacent to an activating group) is 3. The molecule has 25 heteroatoms. The molecule has 21 nitrogen and oxygen atoms in total. The average Bonchev–Trinajstić information content (AvgIpc) is 4.02. The third-order valence-electron chi connectivity index (χ3n) is 14.9. The third-order valence-corrected chi connectivity index (χ3v) is 18.5. The lowest BCUT2D eigenvalue weighted by atomic mass is 9.75. The maximum atomic E-state index is 14.4. The zero-order valence-corrected chi connectivity index (χ0v) is 48.9. The number of aliphatic hydroxyl groups is 1. The summed E-state index contributed by atoms with van der Waals surface area (Å²) in [5.74, 6) is -2.17. The quantitative estimate of drug-likeness (QED) is 0.0973. The highest BCUT2D eigenvalue weighted by molar-refractivity contribution is 7.99. The Bertz CT molecular complexity index is 2620. The zero-order chi connectivity index (χ0) is 57.4. The summed E-state index contributed by atoms with van der Waals surface area (Å²) in [6.07, 6.45) is 3.91. The van der Waals surface area contributed by atoms with E-state index in [1.807, 2.05) is 13.0 Å². The summed E-state index contributed by atoms with van der Waals surface area (Å²) in [6.45, 7) is 9.12. The van der Waals surface area contributed by atoms with Crippen molar-refractivity contribution in [2.24, 2.45) is 5.92 Å². The van der Waals surface area contributed by atoms with Crippen molar-refractivity contribution in [2.45, 2.75) is 134 Å². The van der Waals surface area contributed by atoms with Gasteiger partial charge in [0.25, 0.3) is 15.9 Å². The predicted molar refractivity (Wildman–Crippen MR) is 290 cm³/mol. The van der Waals surface area contributed by atoms with Gasteiger partial charge in [-0.3, -0.25) is 29.3 Å². The van der Waals surface area contributed by atoms with Crippen LogP contribution in [-0.2, 0) is 64.2 Å². The number of halogens is 2. The van der Waals surface area contributed by atoms with Crippen LogP contribution in [0.25, 0.3) is 0 Å². The van der Waals surface area contributed by atoms with Crippen LogP contribution in [0.4, 0.5) is 10.5 Å². The van der Waals surface area contributed by atoms with Crippen molar-refractivity contribution in [3.63, 3.8) is 0 Å². The van der Waals surface area contributed by atoms with Crippen molar-refractivity contribution in [2.75, 3.05) is 78.5 Å². The molecule has 2 N–H and O–H groups in total. The van der Waals surface area contributed by atoms with Gasteiger partial charge in [-0.15, -0.1) is 0 Å². The number of amides is 6. The Morgan fingerprint density at radius 2 is 1.61 bits per heavy atom. The molecule has 2 saturated heterocycles. The molecule has 428 valence electrons. The second-order valence-electron chi connectivity index (χ2n) is 20.5. The SMILES string of the molecule is COc1cc2cc(c1Cl)N(C)C(=O)C[C@H](OC(=O)[C@H](C)N(C)C(=O)CCSCCC(=O)N(C)CCN(C)C(=O)CCCCCN1C(=O)C=C(Cl)S1(=O)=O)C1(C)O[C@H]1[C@H](C)[C@]1(C)C[C@@](O)(NC(=O)O1)[C@H](OC)/C=C/C=C(\C)C2. The van der Waals surface area contributed by atoms with E-state index in [2.05, 4.69) is 5.32 Å². The van der Waals surface area contributed by atoms with Crippen molar-refractivity contribution in [3.8, 4) is 5.75 Å². The van der Waals surface area contributed by atoms with E-state index >= 15 is 0 Å². The Morgan fingerprint density at radius 1 is 0.974 bits per heavy atom. The highest BCUT2D eigenvalue weighted by Gasteiger charge is 2.67. The van der Waals surface area contributed by atoms with Crippen molar-refractivity contribution < 1.29 is 70.8 Å². The molecular weight excluding hydrogens is 1080 g/mol. The lowest BCUT2D eigenvalue weighted by Crippen LogP contribution is -2.67. The van der Waals surface area contributed by atoms with Gasteiger partial charge in [0.1, 0.15) is 40.2 Å². The van der Waals surface area contributed by atoms with E-state index in [1.165, 1.54) is 59.6 Å². The number of methoxy groups -OCH3 is 2. The number of esters is 1. The minimum atomic E-state index is -3.97. The zero-order valence-electron chi connectivity index (χ0n) is 45.7. The molecule has 6 amide bonds. The lowest BCUT2D eigenvalue weighted by Gasteiger charge is -2.47. The van der Waals surface area contributed by atoms with E-state index in [-0.39, 0.29) is 61.4 Å². The van der Waals surface area contributed by atoms with Crippen molar-refractivity contribution in [1.29, 1.82) is 0 Å². The first-order chi connectivity index (χ1) is 36.0. The van der Waals surface area contributed by atoms with Gasteiger partial charge in [-0.25, -0.2) is 22.3 Å². The minimum absolute atomic E-state index is 0.0237. The van der Waals surface area contributed by atoms with Gasteiger partial charge in [-0.2, -0.15) is 11.8 Å². The molecule has 4 bridgehead atoms. The number of thioether (sulfide) groups is 1. The Kier molecular flexibility index (Phi) is 21.5. The van der Waals surface area contributed by atoms with E-state index < -0.39 is 85.5 Å². The monoisotopic (exact) mass is 1160 g/mol. The smallest absolute Gasteiger partial charge is 0.410 e. The maximum absolute atomic E-state index is 14.4. The van der Waals surface area contributed by atoms with Crippen LogP contribution in [0.2, 0.25) is 5.02 Å². The Hall–Kier alpha value is -4.91. The van der Waals surface area contributed by atoms with E-state index in [0.29, 0.717) is 61.7 Å². The highest BCUT2D eigenvalue weighted by Crippen LogP contribution is 2.52. The topological polar surface area (TPSA) is 252 Å². The summed E-state index contributed by atoms with van der Waals surface area (Å²) in [5, 5.41) is 14.7. The second-order valence-corrected chi connectivity index (χ2v) is 24.5. The number of carbonyl (C=O) groups is 7. The number of unbranched alkanes of at least 4 members (excludes halogenated alkanes) is 2. The van der Waals surface area contributed by atoms with Gasteiger partial charge in [0, 0.05) is 104 Å². The molecule has 2 fully saturated rings. The number of nitrogens with one attached hydrogen (secondary N) is 1. The molecule has 0 spiro atoms. The number of alkyl carbamates (subject to hydrolysis) is 1. The number of hydrogen-bond donors (Lipinski definition) is 2. The number of anilines is 1. The maximum Gasteiger partial charge on any atom is 0.410 e. The fourth-order valence-electron chi connectivity index (χ4n) is 9.48. The molecule has 1 unspecified atom stereocenters. The van der Waals surface area contributed by atoms with Gasteiger partial charge in [0.2, 0.25) is 23.6 Å². The largest absolute Gasteiger partial charge is 0.495 e. The van der Waals surface area contributed by atoms with Gasteiger partial charge in [0.15, 0.2) is 10.1 Å². The number of benzene rings is 1. The van der Waals surface area contributed by atoms with Gasteiger partial charge in [-0.1, -0.05) is 60.3 Å². The first-order valence-corrected chi connectivity index (χ1v) is 28.7. The molecule has 1 aromatic carbocycles. The molecule has 4 heterocycles. The molecule has 0 aliphatic carbocycles. The summed E-state index contributed by atoms with van der Waals surface area (Å²) in [7, 11) is 5.22. The standard InChI is InChI=1S/C52H74Cl2N6O15S2/c1-32-16-15-17-38(72-11)52(68)31-50(4,75-49(67)55-52)33(2)47-51(5,74-47)39(29-44(64)59(9)36-27-35(26-32)28-37(71-10)46(36)54)73-48(66)34(3)58(8)43(63)20-25-76-24-19-42(62)57(7)23-22-56(6)41(61)18-13-12-14-21-60-45(65)30-40(53)77(60,69)70/h15-17,27-28,30,33-34,38-39,47,68H,12-14,18-26,29,31H2,1-11H3,(H,55,67)/b17-15+,32-16+/t33-,34-,38+,39-,47-,50-,51?,52-/m0/s1. The van der Waals surface area contributed by atoms with Crippen LogP contribution in [0.1, 0.15) is 91.5 Å². The number of carbonyl (C=O) groups excluding carboxylic acids is 7. The lowest BCUT2D eigenvalue weighted by molar-refractivity contribution is -0.173. The third kappa shape index (κ3) is 15.3. The summed E-state index contributed by atoms with van der Waals surface area (Å²) < 4.78 is 54.2. The normalized spacial score (nSPS) is 27.7. The van der Waals surface area contributed by atoms with Gasteiger partial charge < -0.3 is 48.4 Å². The summed E-state index contributed by atoms with van der Waals surface area (Å²) >= 11 is 13.9. The molecule has 0 radical (unpaired) electrons. The molecule has 8 atom stereocenters. The fourth-order valence-corrected chi connectivity index (χ4v) is 12.1. The highest BCUT2D eigenvalue weighted by atomic mass is 35.5.